The Morgan fingerprint density at radius 3 is 2.09 bits per heavy atom. The zero-order valence-electron chi connectivity index (χ0n) is 7.43. The molecule has 0 aromatic rings. The van der Waals surface area contributed by atoms with Gasteiger partial charge < -0.3 is 4.74 Å². The predicted molar refractivity (Wildman–Crippen MR) is 41.4 cm³/mol. The van der Waals surface area contributed by atoms with Crippen molar-refractivity contribution in [3.05, 3.63) is 0 Å². The van der Waals surface area contributed by atoms with E-state index >= 15 is 0 Å². The van der Waals surface area contributed by atoms with Crippen molar-refractivity contribution in [2.75, 3.05) is 7.11 Å². The summed E-state index contributed by atoms with van der Waals surface area (Å²) in [6, 6.07) is 0. The molecule has 0 heterocycles. The molecule has 0 spiro atoms. The van der Waals surface area contributed by atoms with E-state index in [1.165, 1.54) is 14.0 Å². The van der Waals surface area contributed by atoms with Crippen LogP contribution >= 0.6 is 0 Å². The molecule has 0 aliphatic carbocycles. The first-order chi connectivity index (χ1) is 4.90. The molecule has 0 radical (unpaired) electrons. The molecule has 0 rings (SSSR count). The van der Waals surface area contributed by atoms with E-state index in [0.29, 0.717) is 0 Å². The lowest BCUT2D eigenvalue weighted by Gasteiger charge is -2.20. The summed E-state index contributed by atoms with van der Waals surface area (Å²) < 4.78 is 4.90. The maximum Gasteiger partial charge on any atom is 0.171 e. The number of rotatable bonds is 4. The number of carbonyl (C=O) groups is 2. The van der Waals surface area contributed by atoms with E-state index < -0.39 is 5.60 Å². The Kier molecular flexibility index (Phi) is 3.39. The first-order valence-electron chi connectivity index (χ1n) is 3.48. The third kappa shape index (κ3) is 3.28. The van der Waals surface area contributed by atoms with E-state index in [0.717, 1.165) is 0 Å². The van der Waals surface area contributed by atoms with Crippen LogP contribution in [0.2, 0.25) is 0 Å². The maximum absolute atomic E-state index is 11.2. The van der Waals surface area contributed by atoms with Crippen molar-refractivity contribution in [2.24, 2.45) is 0 Å². The quantitative estimate of drug-likeness (QED) is 0.572. The second-order valence-electron chi connectivity index (χ2n) is 3.02. The lowest BCUT2D eigenvalue weighted by Crippen LogP contribution is -2.34. The average Bonchev–Trinajstić information content (AvgIpc) is 1.86. The van der Waals surface area contributed by atoms with Crippen LogP contribution in [0.5, 0.6) is 0 Å². The van der Waals surface area contributed by atoms with Gasteiger partial charge in [0.25, 0.3) is 0 Å². The average molecular weight is 158 g/mol. The summed E-state index contributed by atoms with van der Waals surface area (Å²) >= 11 is 0. The normalized spacial score (nSPS) is 11.3. The summed E-state index contributed by atoms with van der Waals surface area (Å²) in [5.74, 6) is -0.298. The van der Waals surface area contributed by atoms with Crippen LogP contribution in [-0.2, 0) is 14.3 Å². The monoisotopic (exact) mass is 158 g/mol. The van der Waals surface area contributed by atoms with E-state index in [4.69, 9.17) is 4.74 Å². The van der Waals surface area contributed by atoms with Gasteiger partial charge in [0.1, 0.15) is 11.4 Å². The Labute approximate surface area is 66.7 Å². The van der Waals surface area contributed by atoms with Crippen LogP contribution in [0, 0.1) is 0 Å². The summed E-state index contributed by atoms with van der Waals surface area (Å²) in [4.78, 5) is 21.7. The summed E-state index contributed by atoms with van der Waals surface area (Å²) in [5, 5.41) is 0. The minimum absolute atomic E-state index is 0.0408. The minimum Gasteiger partial charge on any atom is -0.371 e. The van der Waals surface area contributed by atoms with Crippen molar-refractivity contribution in [3.8, 4) is 0 Å². The number of methoxy groups -OCH3 is 1. The van der Waals surface area contributed by atoms with E-state index in [2.05, 4.69) is 0 Å². The van der Waals surface area contributed by atoms with Crippen LogP contribution < -0.4 is 0 Å². The van der Waals surface area contributed by atoms with Crippen LogP contribution in [0.3, 0.4) is 0 Å². The highest BCUT2D eigenvalue weighted by molar-refractivity contribution is 6.01. The lowest BCUT2D eigenvalue weighted by molar-refractivity contribution is -0.139. The second kappa shape index (κ2) is 3.62. The minimum atomic E-state index is -0.828. The molecule has 0 atom stereocenters. The number of hydrogen-bond donors (Lipinski definition) is 0. The van der Waals surface area contributed by atoms with Gasteiger partial charge in [0.05, 0.1) is 6.42 Å². The Balaban J connectivity index is 4.13. The zero-order chi connectivity index (χ0) is 9.07. The van der Waals surface area contributed by atoms with Gasteiger partial charge in [0, 0.05) is 7.11 Å². The Morgan fingerprint density at radius 2 is 1.82 bits per heavy atom. The van der Waals surface area contributed by atoms with Gasteiger partial charge in [-0.1, -0.05) is 0 Å². The Bertz CT molecular complexity index is 170. The van der Waals surface area contributed by atoms with Gasteiger partial charge in [-0.25, -0.2) is 0 Å². The molecule has 0 saturated carbocycles. The van der Waals surface area contributed by atoms with Crippen LogP contribution in [0.15, 0.2) is 0 Å². The van der Waals surface area contributed by atoms with E-state index in [-0.39, 0.29) is 18.0 Å². The predicted octanol–water partition coefficient (Wildman–Crippen LogP) is 0.960. The van der Waals surface area contributed by atoms with E-state index in [1.54, 1.807) is 13.8 Å². The summed E-state index contributed by atoms with van der Waals surface area (Å²) in [6.45, 7) is 4.69. The van der Waals surface area contributed by atoms with Gasteiger partial charge in [-0.3, -0.25) is 9.59 Å². The fraction of sp³-hybridized carbons (Fsp3) is 0.750. The zero-order valence-corrected chi connectivity index (χ0v) is 7.43. The first-order valence-corrected chi connectivity index (χ1v) is 3.48. The number of carbonyl (C=O) groups excluding carboxylic acids is 2. The summed E-state index contributed by atoms with van der Waals surface area (Å²) in [7, 11) is 1.46. The number of Topliss-reactive ketones (excluding diaryl/α,β-unsaturated/α-hetero) is 2. The lowest BCUT2D eigenvalue weighted by atomic mass is 9.99. The molecule has 0 aromatic carbocycles. The molecule has 3 heteroatoms. The molecule has 0 unspecified atom stereocenters. The SMILES string of the molecule is COC(C)(C)C(=O)CC(C)=O. The molecule has 64 valence electrons. The Morgan fingerprint density at radius 1 is 1.36 bits per heavy atom. The molecule has 0 aliphatic rings. The number of ketones is 2. The summed E-state index contributed by atoms with van der Waals surface area (Å²) in [6.07, 6.45) is -0.0408. The molecule has 0 aromatic heterocycles. The topological polar surface area (TPSA) is 43.4 Å². The third-order valence-electron chi connectivity index (χ3n) is 1.59. The largest absolute Gasteiger partial charge is 0.371 e. The van der Waals surface area contributed by atoms with Gasteiger partial charge in [-0.05, 0) is 20.8 Å². The first kappa shape index (κ1) is 10.3. The van der Waals surface area contributed by atoms with Crippen LogP contribution in [0.25, 0.3) is 0 Å². The fourth-order valence-electron chi connectivity index (χ4n) is 0.553. The van der Waals surface area contributed by atoms with Gasteiger partial charge in [0.15, 0.2) is 5.78 Å². The van der Waals surface area contributed by atoms with Gasteiger partial charge in [-0.2, -0.15) is 0 Å². The van der Waals surface area contributed by atoms with Crippen LogP contribution in [0.4, 0.5) is 0 Å². The third-order valence-corrected chi connectivity index (χ3v) is 1.59. The molecule has 0 fully saturated rings. The standard InChI is InChI=1S/C8H14O3/c1-6(9)5-7(10)8(2,3)11-4/h5H2,1-4H3. The molecule has 0 bridgehead atoms. The molecule has 0 N–H and O–H groups in total. The molecule has 0 amide bonds. The molecule has 0 aliphatic heterocycles. The van der Waals surface area contributed by atoms with Gasteiger partial charge in [-0.15, -0.1) is 0 Å². The Hall–Kier alpha value is -0.700. The van der Waals surface area contributed by atoms with Crippen molar-refractivity contribution in [1.29, 1.82) is 0 Å². The van der Waals surface area contributed by atoms with Crippen molar-refractivity contribution >= 4 is 11.6 Å². The van der Waals surface area contributed by atoms with Crippen molar-refractivity contribution in [1.82, 2.24) is 0 Å². The maximum atomic E-state index is 11.2. The molecular formula is C8H14O3. The number of hydrogen-bond acceptors (Lipinski definition) is 3. The highest BCUT2D eigenvalue weighted by atomic mass is 16.5. The molecule has 11 heavy (non-hydrogen) atoms. The van der Waals surface area contributed by atoms with E-state index in [1.807, 2.05) is 0 Å². The highest BCUT2D eigenvalue weighted by Gasteiger charge is 2.27. The van der Waals surface area contributed by atoms with E-state index in [9.17, 15) is 9.59 Å². The highest BCUT2D eigenvalue weighted by Crippen LogP contribution is 2.11. The molecule has 3 nitrogen and oxygen atoms in total. The van der Waals surface area contributed by atoms with Crippen molar-refractivity contribution in [2.45, 2.75) is 32.8 Å². The van der Waals surface area contributed by atoms with Gasteiger partial charge >= 0.3 is 0 Å². The van der Waals surface area contributed by atoms with Crippen LogP contribution in [-0.4, -0.2) is 24.3 Å². The smallest absolute Gasteiger partial charge is 0.171 e. The van der Waals surface area contributed by atoms with Crippen molar-refractivity contribution in [3.63, 3.8) is 0 Å². The van der Waals surface area contributed by atoms with Crippen LogP contribution in [0.1, 0.15) is 27.2 Å². The van der Waals surface area contributed by atoms with Crippen molar-refractivity contribution < 1.29 is 14.3 Å². The fourth-order valence-corrected chi connectivity index (χ4v) is 0.553. The van der Waals surface area contributed by atoms with Gasteiger partial charge in [0.2, 0.25) is 0 Å². The molecular weight excluding hydrogens is 144 g/mol. The number of ether oxygens (including phenoxy) is 1. The molecule has 0 saturated heterocycles. The second-order valence-corrected chi connectivity index (χ2v) is 3.02. The summed E-state index contributed by atoms with van der Waals surface area (Å²) in [5.41, 5.74) is -0.828.